The van der Waals surface area contributed by atoms with Gasteiger partial charge in [0.05, 0.1) is 11.1 Å². The van der Waals surface area contributed by atoms with E-state index in [0.717, 1.165) is 12.1 Å². The summed E-state index contributed by atoms with van der Waals surface area (Å²) in [5.41, 5.74) is -2.30. The van der Waals surface area contributed by atoms with Crippen LogP contribution in [0.1, 0.15) is 26.3 Å². The van der Waals surface area contributed by atoms with E-state index in [1.54, 1.807) is 35.2 Å². The van der Waals surface area contributed by atoms with Crippen LogP contribution in [-0.2, 0) is 10.5 Å². The Morgan fingerprint density at radius 2 is 1.78 bits per heavy atom. The average molecular weight is 517 g/mol. The first-order valence-electron chi connectivity index (χ1n) is 11.5. The second-order valence-electron chi connectivity index (χ2n) is 8.79. The smallest absolute Gasteiger partial charge is 0.348 e. The normalized spacial score (nSPS) is 22.5. The number of carbonyl (C=O) groups excluding carboxylic acids is 3. The van der Waals surface area contributed by atoms with E-state index in [4.69, 9.17) is 16.3 Å². The molecule has 9 heteroatoms. The Bertz CT molecular complexity index is 1570. The number of nitrogens with zero attached hydrogens (tertiary/aromatic N) is 1. The first kappa shape index (κ1) is 23.1. The van der Waals surface area contributed by atoms with Gasteiger partial charge in [0.25, 0.3) is 0 Å². The third kappa shape index (κ3) is 3.41. The van der Waals surface area contributed by atoms with Gasteiger partial charge in [-0.15, -0.1) is 0 Å². The van der Waals surface area contributed by atoms with Gasteiger partial charge in [-0.05, 0) is 42.5 Å². The molecule has 0 aromatic heterocycles. The maximum Gasteiger partial charge on any atom is 0.348 e. The van der Waals surface area contributed by atoms with Crippen LogP contribution in [0.25, 0.3) is 0 Å². The molecule has 0 aliphatic carbocycles. The molecule has 1 saturated heterocycles. The minimum absolute atomic E-state index is 0.0303. The predicted octanol–water partition coefficient (Wildman–Crippen LogP) is 3.74. The number of carbonyl (C=O) groups is 3. The van der Waals surface area contributed by atoms with Crippen LogP contribution < -0.4 is 10.1 Å². The van der Waals surface area contributed by atoms with E-state index in [2.05, 4.69) is 5.32 Å². The lowest BCUT2D eigenvalue weighted by Gasteiger charge is -2.36. The molecule has 6 rings (SSSR count). The number of benzene rings is 3. The molecule has 184 valence electrons. The van der Waals surface area contributed by atoms with Crippen molar-refractivity contribution in [3.05, 3.63) is 123 Å². The summed E-state index contributed by atoms with van der Waals surface area (Å²) in [6.07, 6.45) is 0. The van der Waals surface area contributed by atoms with Crippen LogP contribution in [0.5, 0.6) is 5.75 Å². The second-order valence-corrected chi connectivity index (χ2v) is 9.22. The van der Waals surface area contributed by atoms with Crippen molar-refractivity contribution in [1.82, 2.24) is 10.2 Å². The molecule has 1 atom stereocenters. The molecule has 2 N–H and O–H groups in total. The van der Waals surface area contributed by atoms with Crippen LogP contribution in [0.15, 0.2) is 95.3 Å². The van der Waals surface area contributed by atoms with Crippen molar-refractivity contribution in [2.45, 2.75) is 5.72 Å². The lowest BCUT2D eigenvalue weighted by atomic mass is 9.82. The number of rotatable bonds is 3. The summed E-state index contributed by atoms with van der Waals surface area (Å²) in [5.74, 6) is -2.57. The maximum atomic E-state index is 13.9. The van der Waals surface area contributed by atoms with E-state index in [1.807, 2.05) is 0 Å². The summed E-state index contributed by atoms with van der Waals surface area (Å²) in [6.45, 7) is 0.688. The number of esters is 1. The molecule has 0 bridgehead atoms. The summed E-state index contributed by atoms with van der Waals surface area (Å²) in [7, 11) is 0. The Morgan fingerprint density at radius 3 is 2.51 bits per heavy atom. The van der Waals surface area contributed by atoms with Crippen molar-refractivity contribution in [2.75, 3.05) is 13.1 Å². The van der Waals surface area contributed by atoms with Crippen molar-refractivity contribution in [2.24, 2.45) is 0 Å². The Hall–Kier alpha value is -4.27. The summed E-state index contributed by atoms with van der Waals surface area (Å²) < 4.78 is 19.1. The van der Waals surface area contributed by atoms with E-state index in [0.29, 0.717) is 12.1 Å². The zero-order chi connectivity index (χ0) is 25.9. The van der Waals surface area contributed by atoms with Crippen molar-refractivity contribution < 1.29 is 28.6 Å². The first-order valence-corrected chi connectivity index (χ1v) is 11.8. The number of halogens is 2. The number of hydrogen-bond acceptors (Lipinski definition) is 7. The fourth-order valence-electron chi connectivity index (χ4n) is 5.07. The molecule has 3 heterocycles. The first-order chi connectivity index (χ1) is 17.8. The quantitative estimate of drug-likeness (QED) is 0.180. The fraction of sp³-hybridized carbons (Fsp3) is 0.107. The number of hydrogen-bond donors (Lipinski definition) is 2. The molecular formula is C28H18ClFN2O5. The van der Waals surface area contributed by atoms with Crippen LogP contribution in [0, 0.1) is 5.82 Å². The lowest BCUT2D eigenvalue weighted by molar-refractivity contribution is -0.130. The van der Waals surface area contributed by atoms with Gasteiger partial charge in [-0.2, -0.15) is 0 Å². The minimum Gasteiger partial charge on any atom is -0.422 e. The van der Waals surface area contributed by atoms with Gasteiger partial charge in [0.15, 0.2) is 11.5 Å². The highest BCUT2D eigenvalue weighted by Gasteiger charge is 2.56. The zero-order valence-corrected chi connectivity index (χ0v) is 19.9. The van der Waals surface area contributed by atoms with Crippen molar-refractivity contribution in [1.29, 1.82) is 0 Å². The monoisotopic (exact) mass is 516 g/mol. The highest BCUT2D eigenvalue weighted by atomic mass is 35.5. The van der Waals surface area contributed by atoms with Crippen LogP contribution in [-0.4, -0.2) is 40.6 Å². The zero-order valence-electron chi connectivity index (χ0n) is 19.1. The van der Waals surface area contributed by atoms with E-state index in [1.165, 1.54) is 30.3 Å². The Labute approximate surface area is 215 Å². The topological polar surface area (TPSA) is 95.9 Å². The standard InChI is InChI=1S/C28H18ClFN2O5/c29-17-8-11-20-19(14-17)25(34)22(27(35)37-20)23-21(24(33)15-6-9-18(30)10-7-15)26-31-12-13-32(26)28(23,36)16-4-2-1-3-5-16/h1-11,14,31,36H,12-13H2/b23-22+. The molecule has 3 aliphatic heterocycles. The molecule has 1 fully saturated rings. The van der Waals surface area contributed by atoms with Crippen LogP contribution >= 0.6 is 11.6 Å². The Balaban J connectivity index is 1.66. The lowest BCUT2D eigenvalue weighted by Crippen LogP contribution is -2.44. The highest BCUT2D eigenvalue weighted by Crippen LogP contribution is 2.51. The van der Waals surface area contributed by atoms with Crippen molar-refractivity contribution in [3.63, 3.8) is 0 Å². The molecule has 0 spiro atoms. The van der Waals surface area contributed by atoms with Gasteiger partial charge in [-0.25, -0.2) is 9.18 Å². The van der Waals surface area contributed by atoms with Crippen LogP contribution in [0.4, 0.5) is 4.39 Å². The molecule has 37 heavy (non-hydrogen) atoms. The van der Waals surface area contributed by atoms with E-state index >= 15 is 0 Å². The van der Waals surface area contributed by atoms with Gasteiger partial charge in [0.1, 0.15) is 23.0 Å². The average Bonchev–Trinajstić information content (AvgIpc) is 3.47. The summed E-state index contributed by atoms with van der Waals surface area (Å²) in [4.78, 5) is 42.6. The fourth-order valence-corrected chi connectivity index (χ4v) is 5.24. The van der Waals surface area contributed by atoms with E-state index in [9.17, 15) is 23.9 Å². The molecule has 3 aromatic rings. The maximum absolute atomic E-state index is 13.9. The Morgan fingerprint density at radius 1 is 1.05 bits per heavy atom. The molecule has 1 unspecified atom stereocenters. The van der Waals surface area contributed by atoms with Crippen LogP contribution in [0.3, 0.4) is 0 Å². The number of aliphatic hydroxyl groups is 1. The molecule has 7 nitrogen and oxygen atoms in total. The molecule has 0 saturated carbocycles. The second kappa shape index (κ2) is 8.40. The molecular weight excluding hydrogens is 499 g/mol. The van der Waals surface area contributed by atoms with Gasteiger partial charge in [0, 0.05) is 34.8 Å². The van der Waals surface area contributed by atoms with E-state index in [-0.39, 0.29) is 45.4 Å². The summed E-state index contributed by atoms with van der Waals surface area (Å²) in [5, 5.41) is 15.7. The molecule has 3 aliphatic rings. The molecule has 0 amide bonds. The third-order valence-corrected chi connectivity index (χ3v) is 6.94. The molecule has 0 radical (unpaired) electrons. The van der Waals surface area contributed by atoms with Gasteiger partial charge >= 0.3 is 5.97 Å². The number of nitrogens with one attached hydrogen (secondary N) is 1. The van der Waals surface area contributed by atoms with Gasteiger partial charge in [-0.3, -0.25) is 9.59 Å². The SMILES string of the molecule is O=C1Oc2ccc(Cl)cc2C(=O)/C1=C1/C(C(=O)c2ccc(F)cc2)=C2NCCN2C1(O)c1ccccc1. The van der Waals surface area contributed by atoms with Crippen molar-refractivity contribution >= 4 is 29.1 Å². The number of Topliss-reactive ketones (excluding diaryl/α,β-unsaturated/α-hetero) is 2. The third-order valence-electron chi connectivity index (χ3n) is 6.70. The van der Waals surface area contributed by atoms with E-state index < -0.39 is 34.7 Å². The largest absolute Gasteiger partial charge is 0.422 e. The van der Waals surface area contributed by atoms with Crippen LogP contribution in [0.2, 0.25) is 5.02 Å². The summed E-state index contributed by atoms with van der Waals surface area (Å²) >= 11 is 6.12. The number of fused-ring (bicyclic) bond motifs is 2. The van der Waals surface area contributed by atoms with Gasteiger partial charge in [-0.1, -0.05) is 41.9 Å². The number of ketones is 2. The van der Waals surface area contributed by atoms with Gasteiger partial charge in [0.2, 0.25) is 5.78 Å². The summed E-state index contributed by atoms with van der Waals surface area (Å²) in [6, 6.07) is 17.6. The Kier molecular flexibility index (Phi) is 5.25. The van der Waals surface area contributed by atoms with Crippen molar-refractivity contribution in [3.8, 4) is 5.75 Å². The predicted molar refractivity (Wildman–Crippen MR) is 131 cm³/mol. The minimum atomic E-state index is -2.05. The molecule has 3 aromatic carbocycles. The number of ether oxygens (including phenoxy) is 1. The highest BCUT2D eigenvalue weighted by molar-refractivity contribution is 6.33. The van der Waals surface area contributed by atoms with Gasteiger partial charge < -0.3 is 20.1 Å².